The van der Waals surface area contributed by atoms with Crippen molar-refractivity contribution in [3.63, 3.8) is 0 Å². The Morgan fingerprint density at radius 3 is 2.56 bits per heavy atom. The normalized spacial score (nSPS) is 11.0. The number of hydrogen-bond donors (Lipinski definition) is 2. The van der Waals surface area contributed by atoms with Crippen LogP contribution in [0.15, 0.2) is 30.0 Å². The van der Waals surface area contributed by atoms with Crippen molar-refractivity contribution in [1.29, 1.82) is 0 Å². The molecule has 7 heteroatoms. The molecule has 0 heterocycles. The minimum atomic E-state index is -0.508. The van der Waals surface area contributed by atoms with Crippen LogP contribution in [0.25, 0.3) is 6.08 Å². The van der Waals surface area contributed by atoms with Crippen molar-refractivity contribution < 1.29 is 14.5 Å². The Hall–Kier alpha value is -2.70. The van der Waals surface area contributed by atoms with E-state index < -0.39 is 10.8 Å². The second kappa shape index (κ2) is 11.0. The molecule has 0 radical (unpaired) electrons. The topological polar surface area (TPSA) is 101 Å². The molecule has 2 N–H and O–H groups in total. The number of carbonyl (C=O) groups excluding carboxylic acids is 2. The van der Waals surface area contributed by atoms with Crippen molar-refractivity contribution in [3.05, 3.63) is 45.6 Å². The Kier molecular flexibility index (Phi) is 8.92. The Morgan fingerprint density at radius 1 is 1.20 bits per heavy atom. The Morgan fingerprint density at radius 2 is 1.92 bits per heavy atom. The Bertz CT molecular complexity index is 641. The molecule has 1 aromatic rings. The van der Waals surface area contributed by atoms with E-state index in [0.717, 1.165) is 25.7 Å². The summed E-state index contributed by atoms with van der Waals surface area (Å²) in [6.45, 7) is 3.97. The summed E-state index contributed by atoms with van der Waals surface area (Å²) in [5.74, 6) is -0.785. The third kappa shape index (κ3) is 8.10. The molecule has 0 aromatic heterocycles. The van der Waals surface area contributed by atoms with E-state index in [1.807, 2.05) is 0 Å². The summed E-state index contributed by atoms with van der Waals surface area (Å²) in [6, 6.07) is 5.87. The highest BCUT2D eigenvalue weighted by Crippen LogP contribution is 2.15. The molecule has 0 aliphatic heterocycles. The van der Waals surface area contributed by atoms with Crippen LogP contribution in [-0.2, 0) is 9.59 Å². The van der Waals surface area contributed by atoms with E-state index in [-0.39, 0.29) is 17.3 Å². The summed E-state index contributed by atoms with van der Waals surface area (Å²) < 4.78 is 0. The molecule has 0 bridgehead atoms. The standard InChI is InChI=1S/C18H25N3O4/c1-3-4-5-6-7-11-19-18(23)17(20-14(2)22)13-15-9-8-10-16(12-15)21(24)25/h8-10,12-13H,3-7,11H2,1-2H3,(H,19,23)(H,20,22). The predicted octanol–water partition coefficient (Wildman–Crippen LogP) is 3.16. The van der Waals surface area contributed by atoms with Crippen LogP contribution in [0.2, 0.25) is 0 Å². The molecule has 0 spiro atoms. The average molecular weight is 347 g/mol. The average Bonchev–Trinajstić information content (AvgIpc) is 2.57. The van der Waals surface area contributed by atoms with Crippen molar-refractivity contribution in [2.24, 2.45) is 0 Å². The van der Waals surface area contributed by atoms with Gasteiger partial charge >= 0.3 is 0 Å². The van der Waals surface area contributed by atoms with E-state index in [0.29, 0.717) is 12.1 Å². The summed E-state index contributed by atoms with van der Waals surface area (Å²) in [6.07, 6.45) is 6.81. The van der Waals surface area contributed by atoms with Crippen LogP contribution in [0.5, 0.6) is 0 Å². The van der Waals surface area contributed by atoms with Gasteiger partial charge in [-0.3, -0.25) is 19.7 Å². The van der Waals surface area contributed by atoms with Gasteiger partial charge in [-0.15, -0.1) is 0 Å². The fourth-order valence-electron chi connectivity index (χ4n) is 2.27. The molecule has 0 atom stereocenters. The van der Waals surface area contributed by atoms with Gasteiger partial charge in [-0.2, -0.15) is 0 Å². The predicted molar refractivity (Wildman–Crippen MR) is 96.7 cm³/mol. The molecule has 0 unspecified atom stereocenters. The van der Waals surface area contributed by atoms with Crippen molar-refractivity contribution in [2.75, 3.05) is 6.54 Å². The fraction of sp³-hybridized carbons (Fsp3) is 0.444. The molecule has 1 rings (SSSR count). The van der Waals surface area contributed by atoms with Crippen LogP contribution in [0.3, 0.4) is 0 Å². The van der Waals surface area contributed by atoms with E-state index in [1.54, 1.807) is 6.07 Å². The van der Waals surface area contributed by atoms with Gasteiger partial charge in [-0.1, -0.05) is 44.7 Å². The van der Waals surface area contributed by atoms with Gasteiger partial charge in [-0.25, -0.2) is 0 Å². The van der Waals surface area contributed by atoms with Gasteiger partial charge in [0.05, 0.1) is 4.92 Å². The van der Waals surface area contributed by atoms with Crippen LogP contribution in [0.4, 0.5) is 5.69 Å². The second-order valence-electron chi connectivity index (χ2n) is 5.76. The lowest BCUT2D eigenvalue weighted by Gasteiger charge is -2.10. The maximum Gasteiger partial charge on any atom is 0.270 e. The fourth-order valence-corrected chi connectivity index (χ4v) is 2.27. The zero-order valence-electron chi connectivity index (χ0n) is 14.7. The lowest BCUT2D eigenvalue weighted by molar-refractivity contribution is -0.384. The highest BCUT2D eigenvalue weighted by molar-refractivity contribution is 6.00. The van der Waals surface area contributed by atoms with Gasteiger partial charge in [0, 0.05) is 25.6 Å². The van der Waals surface area contributed by atoms with Gasteiger partial charge in [0.2, 0.25) is 5.91 Å². The molecular weight excluding hydrogens is 322 g/mol. The summed E-state index contributed by atoms with van der Waals surface area (Å²) in [7, 11) is 0. The lowest BCUT2D eigenvalue weighted by atomic mass is 10.1. The summed E-state index contributed by atoms with van der Waals surface area (Å²) in [4.78, 5) is 33.9. The van der Waals surface area contributed by atoms with Gasteiger partial charge in [0.25, 0.3) is 11.6 Å². The number of non-ortho nitro benzene ring substituents is 1. The molecule has 7 nitrogen and oxygen atoms in total. The minimum absolute atomic E-state index is 0.0709. The number of nitro groups is 1. The SMILES string of the molecule is CCCCCCCNC(=O)C(=Cc1cccc([N+](=O)[O-])c1)NC(C)=O. The first kappa shape index (κ1) is 20.3. The molecule has 0 saturated heterocycles. The van der Waals surface area contributed by atoms with Crippen LogP contribution < -0.4 is 10.6 Å². The molecule has 25 heavy (non-hydrogen) atoms. The van der Waals surface area contributed by atoms with E-state index in [1.165, 1.54) is 37.6 Å². The molecule has 0 aliphatic rings. The summed E-state index contributed by atoms with van der Waals surface area (Å²) >= 11 is 0. The first-order valence-electron chi connectivity index (χ1n) is 8.46. The number of hydrogen-bond acceptors (Lipinski definition) is 4. The van der Waals surface area contributed by atoms with E-state index in [4.69, 9.17) is 0 Å². The first-order chi connectivity index (χ1) is 11.9. The monoisotopic (exact) mass is 347 g/mol. The molecule has 0 fully saturated rings. The highest BCUT2D eigenvalue weighted by Gasteiger charge is 2.12. The highest BCUT2D eigenvalue weighted by atomic mass is 16.6. The van der Waals surface area contributed by atoms with E-state index in [2.05, 4.69) is 17.6 Å². The second-order valence-corrected chi connectivity index (χ2v) is 5.76. The number of benzene rings is 1. The van der Waals surface area contributed by atoms with E-state index >= 15 is 0 Å². The van der Waals surface area contributed by atoms with Crippen LogP contribution >= 0.6 is 0 Å². The number of nitrogens with zero attached hydrogens (tertiary/aromatic N) is 1. The van der Waals surface area contributed by atoms with Crippen molar-refractivity contribution >= 4 is 23.6 Å². The number of rotatable bonds is 10. The van der Waals surface area contributed by atoms with Crippen LogP contribution in [-0.4, -0.2) is 23.3 Å². The van der Waals surface area contributed by atoms with Crippen molar-refractivity contribution in [2.45, 2.75) is 46.0 Å². The Balaban J connectivity index is 2.75. The van der Waals surface area contributed by atoms with E-state index in [9.17, 15) is 19.7 Å². The van der Waals surface area contributed by atoms with Crippen molar-refractivity contribution in [3.8, 4) is 0 Å². The van der Waals surface area contributed by atoms with Gasteiger partial charge in [0.1, 0.15) is 5.70 Å². The molecule has 136 valence electrons. The van der Waals surface area contributed by atoms with Gasteiger partial charge in [0.15, 0.2) is 0 Å². The molecule has 0 aliphatic carbocycles. The largest absolute Gasteiger partial charge is 0.351 e. The quantitative estimate of drug-likeness (QED) is 0.294. The maximum absolute atomic E-state index is 12.3. The number of nitrogens with one attached hydrogen (secondary N) is 2. The number of unbranched alkanes of at least 4 members (excludes halogenated alkanes) is 4. The first-order valence-corrected chi connectivity index (χ1v) is 8.46. The maximum atomic E-state index is 12.3. The molecule has 1 aromatic carbocycles. The summed E-state index contributed by atoms with van der Waals surface area (Å²) in [5, 5.41) is 16.1. The Labute approximate surface area is 147 Å². The number of nitro benzene ring substituents is 1. The van der Waals surface area contributed by atoms with Crippen LogP contribution in [0, 0.1) is 10.1 Å². The zero-order valence-corrected chi connectivity index (χ0v) is 14.7. The summed E-state index contributed by atoms with van der Waals surface area (Å²) in [5.41, 5.74) is 0.463. The molecule has 2 amide bonds. The van der Waals surface area contributed by atoms with Gasteiger partial charge in [-0.05, 0) is 18.1 Å². The number of amides is 2. The lowest BCUT2D eigenvalue weighted by Crippen LogP contribution is -2.34. The zero-order chi connectivity index (χ0) is 18.7. The molecular formula is C18H25N3O4. The van der Waals surface area contributed by atoms with Gasteiger partial charge < -0.3 is 10.6 Å². The van der Waals surface area contributed by atoms with Crippen molar-refractivity contribution in [1.82, 2.24) is 10.6 Å². The third-order valence-corrected chi connectivity index (χ3v) is 3.51. The molecule has 0 saturated carbocycles. The smallest absolute Gasteiger partial charge is 0.270 e. The van der Waals surface area contributed by atoms with Crippen LogP contribution in [0.1, 0.15) is 51.5 Å². The third-order valence-electron chi connectivity index (χ3n) is 3.51. The minimum Gasteiger partial charge on any atom is -0.351 e. The number of carbonyl (C=O) groups is 2.